The molecule has 2 rings (SSSR count). The zero-order chi connectivity index (χ0) is 15.6. The Bertz CT molecular complexity index is 653. The van der Waals surface area contributed by atoms with Crippen molar-refractivity contribution in [1.82, 2.24) is 0 Å². The van der Waals surface area contributed by atoms with Gasteiger partial charge in [-0.05, 0) is 37.1 Å². The van der Waals surface area contributed by atoms with E-state index in [-0.39, 0.29) is 0 Å². The molecule has 0 aliphatic rings. The largest absolute Gasteiger partial charge is 0.493 e. The smallest absolute Gasteiger partial charge is 0.161 e. The fourth-order valence-electron chi connectivity index (χ4n) is 2.30. The third-order valence-corrected chi connectivity index (χ3v) is 4.21. The first-order chi connectivity index (χ1) is 9.97. The molecule has 0 bridgehead atoms. The van der Waals surface area contributed by atoms with Gasteiger partial charge in [0.1, 0.15) is 6.10 Å². The first kappa shape index (κ1) is 15.9. The molecule has 4 heteroatoms. The Hall–Kier alpha value is -1.52. The highest BCUT2D eigenvalue weighted by Crippen LogP contribution is 2.38. The first-order valence-corrected chi connectivity index (χ1v) is 7.44. The number of hydrogen-bond acceptors (Lipinski definition) is 3. The Morgan fingerprint density at radius 3 is 2.19 bits per heavy atom. The average molecular weight is 351 g/mol. The van der Waals surface area contributed by atoms with Gasteiger partial charge >= 0.3 is 0 Å². The van der Waals surface area contributed by atoms with Crippen molar-refractivity contribution in [3.63, 3.8) is 0 Å². The molecule has 1 atom stereocenters. The molecule has 112 valence electrons. The summed E-state index contributed by atoms with van der Waals surface area (Å²) in [5.41, 5.74) is 3.81. The zero-order valence-electron chi connectivity index (χ0n) is 12.6. The van der Waals surface area contributed by atoms with E-state index in [4.69, 9.17) is 9.47 Å². The Morgan fingerprint density at radius 1 is 0.952 bits per heavy atom. The number of hydrogen-bond donors (Lipinski definition) is 1. The van der Waals surface area contributed by atoms with Gasteiger partial charge in [0.25, 0.3) is 0 Å². The normalized spacial score (nSPS) is 12.1. The molecule has 0 aliphatic carbocycles. The van der Waals surface area contributed by atoms with E-state index in [1.807, 2.05) is 38.1 Å². The molecule has 2 aromatic rings. The van der Waals surface area contributed by atoms with Crippen molar-refractivity contribution in [2.75, 3.05) is 14.2 Å². The van der Waals surface area contributed by atoms with Crippen LogP contribution in [0.2, 0.25) is 0 Å². The molecule has 3 nitrogen and oxygen atoms in total. The summed E-state index contributed by atoms with van der Waals surface area (Å²) < 4.78 is 11.4. The van der Waals surface area contributed by atoms with E-state index in [1.165, 1.54) is 0 Å². The quantitative estimate of drug-likeness (QED) is 0.899. The standard InChI is InChI=1S/C17H19BrO3/c1-10-5-6-11(2)12(7-10)17(19)13-8-15(20-3)16(21-4)9-14(13)18/h5-9,17,19H,1-4H3. The highest BCUT2D eigenvalue weighted by molar-refractivity contribution is 9.10. The van der Waals surface area contributed by atoms with Crippen molar-refractivity contribution in [1.29, 1.82) is 0 Å². The van der Waals surface area contributed by atoms with E-state index in [0.29, 0.717) is 11.5 Å². The van der Waals surface area contributed by atoms with Gasteiger partial charge in [-0.3, -0.25) is 0 Å². The third-order valence-electron chi connectivity index (χ3n) is 3.53. The summed E-state index contributed by atoms with van der Waals surface area (Å²) in [7, 11) is 3.17. The predicted molar refractivity (Wildman–Crippen MR) is 87.2 cm³/mol. The summed E-state index contributed by atoms with van der Waals surface area (Å²) in [6.07, 6.45) is -0.723. The van der Waals surface area contributed by atoms with Gasteiger partial charge in [-0.15, -0.1) is 0 Å². The van der Waals surface area contributed by atoms with Crippen LogP contribution in [0.5, 0.6) is 11.5 Å². The number of benzene rings is 2. The van der Waals surface area contributed by atoms with Gasteiger partial charge in [0.15, 0.2) is 11.5 Å². The summed E-state index contributed by atoms with van der Waals surface area (Å²) in [5, 5.41) is 10.7. The lowest BCUT2D eigenvalue weighted by molar-refractivity contribution is 0.218. The Kier molecular flexibility index (Phi) is 4.91. The second kappa shape index (κ2) is 6.50. The van der Waals surface area contributed by atoms with E-state index in [0.717, 1.165) is 26.7 Å². The second-order valence-corrected chi connectivity index (χ2v) is 5.85. The van der Waals surface area contributed by atoms with Crippen LogP contribution < -0.4 is 9.47 Å². The van der Waals surface area contributed by atoms with Gasteiger partial charge < -0.3 is 14.6 Å². The molecule has 0 aliphatic heterocycles. The van der Waals surface area contributed by atoms with E-state index in [9.17, 15) is 5.11 Å². The van der Waals surface area contributed by atoms with Gasteiger partial charge in [0.05, 0.1) is 14.2 Å². The molecule has 1 unspecified atom stereocenters. The maximum Gasteiger partial charge on any atom is 0.161 e. The lowest BCUT2D eigenvalue weighted by atomic mass is 9.95. The maximum absolute atomic E-state index is 10.7. The summed E-state index contributed by atoms with van der Waals surface area (Å²) in [6, 6.07) is 9.67. The van der Waals surface area contributed by atoms with Gasteiger partial charge in [-0.25, -0.2) is 0 Å². The third kappa shape index (κ3) is 3.22. The monoisotopic (exact) mass is 350 g/mol. The number of aliphatic hydroxyl groups excluding tert-OH is 1. The Balaban J connectivity index is 2.52. The fourth-order valence-corrected chi connectivity index (χ4v) is 2.84. The van der Waals surface area contributed by atoms with Gasteiger partial charge in [-0.2, -0.15) is 0 Å². The van der Waals surface area contributed by atoms with Crippen LogP contribution in [0.4, 0.5) is 0 Å². The molecule has 0 radical (unpaired) electrons. The number of aryl methyl sites for hydroxylation is 2. The molecule has 0 spiro atoms. The van der Waals surface area contributed by atoms with Crippen molar-refractivity contribution < 1.29 is 14.6 Å². The van der Waals surface area contributed by atoms with Crippen molar-refractivity contribution in [3.05, 3.63) is 57.1 Å². The van der Waals surface area contributed by atoms with E-state index in [1.54, 1.807) is 20.3 Å². The van der Waals surface area contributed by atoms with Crippen LogP contribution in [-0.2, 0) is 0 Å². The SMILES string of the molecule is COc1cc(Br)c(C(O)c2cc(C)ccc2C)cc1OC. The Morgan fingerprint density at radius 2 is 1.57 bits per heavy atom. The molecule has 1 N–H and O–H groups in total. The molecule has 0 aromatic heterocycles. The van der Waals surface area contributed by atoms with Crippen molar-refractivity contribution in [2.45, 2.75) is 20.0 Å². The molecular formula is C17H19BrO3. The fraction of sp³-hybridized carbons (Fsp3) is 0.294. The molecule has 0 saturated heterocycles. The Labute approximate surface area is 133 Å². The van der Waals surface area contributed by atoms with Crippen molar-refractivity contribution in [3.8, 4) is 11.5 Å². The highest BCUT2D eigenvalue weighted by Gasteiger charge is 2.19. The minimum absolute atomic E-state index is 0.597. The van der Waals surface area contributed by atoms with Crippen LogP contribution in [-0.4, -0.2) is 19.3 Å². The molecule has 21 heavy (non-hydrogen) atoms. The molecular weight excluding hydrogens is 332 g/mol. The van der Waals surface area contributed by atoms with Gasteiger partial charge in [0.2, 0.25) is 0 Å². The minimum Gasteiger partial charge on any atom is -0.493 e. The topological polar surface area (TPSA) is 38.7 Å². The lowest BCUT2D eigenvalue weighted by Gasteiger charge is -2.18. The zero-order valence-corrected chi connectivity index (χ0v) is 14.2. The summed E-state index contributed by atoms with van der Waals surface area (Å²) >= 11 is 3.50. The summed E-state index contributed by atoms with van der Waals surface area (Å²) in [5.74, 6) is 1.22. The first-order valence-electron chi connectivity index (χ1n) is 6.64. The van der Waals surface area contributed by atoms with Gasteiger partial charge in [-0.1, -0.05) is 39.7 Å². The number of ether oxygens (including phenoxy) is 2. The maximum atomic E-state index is 10.7. The molecule has 0 saturated carbocycles. The second-order valence-electron chi connectivity index (χ2n) is 4.99. The number of halogens is 1. The number of aliphatic hydroxyl groups is 1. The lowest BCUT2D eigenvalue weighted by Crippen LogP contribution is -2.04. The number of methoxy groups -OCH3 is 2. The highest BCUT2D eigenvalue weighted by atomic mass is 79.9. The van der Waals surface area contributed by atoms with Crippen molar-refractivity contribution >= 4 is 15.9 Å². The molecule has 0 fully saturated rings. The predicted octanol–water partition coefficient (Wildman–Crippen LogP) is 4.16. The average Bonchev–Trinajstić information content (AvgIpc) is 2.48. The van der Waals surface area contributed by atoms with E-state index >= 15 is 0 Å². The van der Waals surface area contributed by atoms with E-state index in [2.05, 4.69) is 15.9 Å². The van der Waals surface area contributed by atoms with Gasteiger partial charge in [0, 0.05) is 10.0 Å². The summed E-state index contributed by atoms with van der Waals surface area (Å²) in [4.78, 5) is 0. The molecule has 0 amide bonds. The van der Waals surface area contributed by atoms with Crippen LogP contribution >= 0.6 is 15.9 Å². The van der Waals surface area contributed by atoms with E-state index < -0.39 is 6.10 Å². The van der Waals surface area contributed by atoms with Crippen LogP contribution in [0.3, 0.4) is 0 Å². The molecule has 2 aromatic carbocycles. The van der Waals surface area contributed by atoms with Crippen LogP contribution in [0, 0.1) is 13.8 Å². The molecule has 0 heterocycles. The van der Waals surface area contributed by atoms with Crippen LogP contribution in [0.1, 0.15) is 28.4 Å². The van der Waals surface area contributed by atoms with Crippen LogP contribution in [0.25, 0.3) is 0 Å². The summed E-state index contributed by atoms with van der Waals surface area (Å²) in [6.45, 7) is 4.01. The van der Waals surface area contributed by atoms with Crippen molar-refractivity contribution in [2.24, 2.45) is 0 Å². The van der Waals surface area contributed by atoms with Crippen LogP contribution in [0.15, 0.2) is 34.8 Å². The minimum atomic E-state index is -0.723. The number of rotatable bonds is 4.